The molecule has 0 spiro atoms. The van der Waals surface area contributed by atoms with E-state index in [1.807, 2.05) is 24.4 Å². The number of hydrogen-bond acceptors (Lipinski definition) is 1. The van der Waals surface area contributed by atoms with Crippen LogP contribution in [0.2, 0.25) is 0 Å². The second-order valence-corrected chi connectivity index (χ2v) is 3.83. The summed E-state index contributed by atoms with van der Waals surface area (Å²) in [6.45, 7) is 0. The number of H-pyrrole nitrogens is 1. The summed E-state index contributed by atoms with van der Waals surface area (Å²) in [5.74, 6) is -0.0813. The first kappa shape index (κ1) is 9.27. The highest BCUT2D eigenvalue weighted by Gasteiger charge is 2.07. The van der Waals surface area contributed by atoms with Crippen molar-refractivity contribution in [3.63, 3.8) is 0 Å². The molecule has 14 heavy (non-hydrogen) atoms. The molecule has 0 aliphatic rings. The Morgan fingerprint density at radius 2 is 2.29 bits per heavy atom. The maximum Gasteiger partial charge on any atom is 0.251 e. The minimum absolute atomic E-state index is 0.0813. The van der Waals surface area contributed by atoms with E-state index in [0.29, 0.717) is 5.56 Å². The molecule has 2 aromatic rings. The van der Waals surface area contributed by atoms with E-state index in [1.165, 1.54) is 0 Å². The number of carbonyl (C=O) groups is 1. The van der Waals surface area contributed by atoms with Gasteiger partial charge >= 0.3 is 0 Å². The molecule has 0 saturated carbocycles. The highest BCUT2D eigenvalue weighted by atomic mass is 79.9. The van der Waals surface area contributed by atoms with E-state index in [0.717, 1.165) is 15.4 Å². The van der Waals surface area contributed by atoms with Crippen molar-refractivity contribution < 1.29 is 4.79 Å². The summed E-state index contributed by atoms with van der Waals surface area (Å²) in [5.41, 5.74) is 1.60. The second-order valence-electron chi connectivity index (χ2n) is 2.98. The van der Waals surface area contributed by atoms with Crippen molar-refractivity contribution in [1.82, 2.24) is 10.3 Å². The van der Waals surface area contributed by atoms with Crippen molar-refractivity contribution >= 4 is 32.7 Å². The van der Waals surface area contributed by atoms with Gasteiger partial charge in [-0.3, -0.25) is 4.79 Å². The Hall–Kier alpha value is -1.29. The summed E-state index contributed by atoms with van der Waals surface area (Å²) >= 11 is 3.42. The highest BCUT2D eigenvalue weighted by Crippen LogP contribution is 2.24. The standard InChI is InChI=1S/C10H9BrN2O/c1-12-10(14)6-4-8(11)7-2-3-13-9(7)5-6/h2-5,13H,1H3,(H,12,14). The van der Waals surface area contributed by atoms with Crippen molar-refractivity contribution in [1.29, 1.82) is 0 Å². The van der Waals surface area contributed by atoms with Crippen LogP contribution in [0.15, 0.2) is 28.9 Å². The SMILES string of the molecule is CNC(=O)c1cc(Br)c2cc[nH]c2c1. The molecule has 0 fully saturated rings. The van der Waals surface area contributed by atoms with Gasteiger partial charge in [0.15, 0.2) is 0 Å². The fraction of sp³-hybridized carbons (Fsp3) is 0.100. The van der Waals surface area contributed by atoms with Crippen LogP contribution in [0.25, 0.3) is 10.9 Å². The number of carbonyl (C=O) groups excluding carboxylic acids is 1. The van der Waals surface area contributed by atoms with Crippen LogP contribution in [0.1, 0.15) is 10.4 Å². The number of nitrogens with one attached hydrogen (secondary N) is 2. The maximum atomic E-state index is 11.4. The van der Waals surface area contributed by atoms with Crippen LogP contribution in [0.5, 0.6) is 0 Å². The van der Waals surface area contributed by atoms with Gasteiger partial charge in [-0.15, -0.1) is 0 Å². The highest BCUT2D eigenvalue weighted by molar-refractivity contribution is 9.10. The Morgan fingerprint density at radius 3 is 3.00 bits per heavy atom. The molecule has 0 radical (unpaired) electrons. The largest absolute Gasteiger partial charge is 0.361 e. The summed E-state index contributed by atoms with van der Waals surface area (Å²) < 4.78 is 0.926. The Bertz CT molecular complexity index is 490. The lowest BCUT2D eigenvalue weighted by molar-refractivity contribution is 0.0963. The molecule has 0 bridgehead atoms. The average Bonchev–Trinajstić information content (AvgIpc) is 2.64. The number of amides is 1. The summed E-state index contributed by atoms with van der Waals surface area (Å²) in [6.07, 6.45) is 1.85. The monoisotopic (exact) mass is 252 g/mol. The molecule has 72 valence electrons. The fourth-order valence-electron chi connectivity index (χ4n) is 1.40. The van der Waals surface area contributed by atoms with E-state index < -0.39 is 0 Å². The number of aromatic nitrogens is 1. The van der Waals surface area contributed by atoms with Crippen LogP contribution in [-0.4, -0.2) is 17.9 Å². The van der Waals surface area contributed by atoms with E-state index in [1.54, 1.807) is 7.05 Å². The Labute approximate surface area is 89.6 Å². The number of rotatable bonds is 1. The van der Waals surface area contributed by atoms with Crippen molar-refractivity contribution in [3.05, 3.63) is 34.4 Å². The first-order valence-electron chi connectivity index (χ1n) is 4.21. The summed E-state index contributed by atoms with van der Waals surface area (Å²) in [4.78, 5) is 14.5. The molecule has 0 atom stereocenters. The third-order valence-corrected chi connectivity index (χ3v) is 2.76. The van der Waals surface area contributed by atoms with Crippen molar-refractivity contribution in [3.8, 4) is 0 Å². The molecule has 1 amide bonds. The van der Waals surface area contributed by atoms with Gasteiger partial charge in [-0.25, -0.2) is 0 Å². The van der Waals surface area contributed by atoms with Gasteiger partial charge in [0, 0.05) is 34.2 Å². The van der Waals surface area contributed by atoms with E-state index in [-0.39, 0.29) is 5.91 Å². The first-order valence-corrected chi connectivity index (χ1v) is 5.00. The van der Waals surface area contributed by atoms with Crippen LogP contribution < -0.4 is 5.32 Å². The van der Waals surface area contributed by atoms with Gasteiger partial charge in [-0.05, 0) is 18.2 Å². The third kappa shape index (κ3) is 1.42. The Kier molecular flexibility index (Phi) is 2.29. The topological polar surface area (TPSA) is 44.9 Å². The first-order chi connectivity index (χ1) is 6.72. The predicted octanol–water partition coefficient (Wildman–Crippen LogP) is 2.29. The van der Waals surface area contributed by atoms with Crippen LogP contribution in [-0.2, 0) is 0 Å². The van der Waals surface area contributed by atoms with E-state index >= 15 is 0 Å². The zero-order chi connectivity index (χ0) is 10.1. The zero-order valence-corrected chi connectivity index (χ0v) is 9.18. The number of fused-ring (bicyclic) bond motifs is 1. The molecule has 0 aliphatic heterocycles. The van der Waals surface area contributed by atoms with Gasteiger partial charge in [0.05, 0.1) is 0 Å². The molecule has 1 heterocycles. The van der Waals surface area contributed by atoms with E-state index in [4.69, 9.17) is 0 Å². The van der Waals surface area contributed by atoms with Crippen LogP contribution >= 0.6 is 15.9 Å². The molecule has 1 aromatic carbocycles. The molecule has 3 nitrogen and oxygen atoms in total. The molecular formula is C10H9BrN2O. The molecule has 0 unspecified atom stereocenters. The number of hydrogen-bond donors (Lipinski definition) is 2. The van der Waals surface area contributed by atoms with Gasteiger partial charge in [0.1, 0.15) is 0 Å². The average molecular weight is 253 g/mol. The van der Waals surface area contributed by atoms with Gasteiger partial charge in [-0.1, -0.05) is 15.9 Å². The molecular weight excluding hydrogens is 244 g/mol. The molecule has 0 saturated heterocycles. The Balaban J connectivity index is 2.64. The molecule has 1 aromatic heterocycles. The number of benzene rings is 1. The molecule has 0 aliphatic carbocycles. The lowest BCUT2D eigenvalue weighted by Crippen LogP contribution is -2.17. The van der Waals surface area contributed by atoms with Crippen LogP contribution in [0.3, 0.4) is 0 Å². The van der Waals surface area contributed by atoms with Gasteiger partial charge in [0.2, 0.25) is 0 Å². The van der Waals surface area contributed by atoms with Crippen molar-refractivity contribution in [2.24, 2.45) is 0 Å². The summed E-state index contributed by atoms with van der Waals surface area (Å²) in [6, 6.07) is 5.61. The second kappa shape index (κ2) is 3.46. The van der Waals surface area contributed by atoms with Crippen molar-refractivity contribution in [2.75, 3.05) is 7.05 Å². The Morgan fingerprint density at radius 1 is 1.50 bits per heavy atom. The predicted molar refractivity (Wildman–Crippen MR) is 59.4 cm³/mol. The van der Waals surface area contributed by atoms with Crippen LogP contribution in [0.4, 0.5) is 0 Å². The normalized spacial score (nSPS) is 10.4. The fourth-order valence-corrected chi connectivity index (χ4v) is 1.99. The number of halogens is 1. The summed E-state index contributed by atoms with van der Waals surface area (Å²) in [7, 11) is 1.62. The van der Waals surface area contributed by atoms with Gasteiger partial charge in [-0.2, -0.15) is 0 Å². The number of aromatic amines is 1. The lowest BCUT2D eigenvalue weighted by Gasteiger charge is -2.01. The van der Waals surface area contributed by atoms with E-state index in [9.17, 15) is 4.79 Å². The van der Waals surface area contributed by atoms with Gasteiger partial charge in [0.25, 0.3) is 5.91 Å². The third-order valence-electron chi connectivity index (χ3n) is 2.11. The molecule has 4 heteroatoms. The molecule has 2 rings (SSSR count). The quantitative estimate of drug-likeness (QED) is 0.804. The molecule has 2 N–H and O–H groups in total. The minimum atomic E-state index is -0.0813. The minimum Gasteiger partial charge on any atom is -0.361 e. The summed E-state index contributed by atoms with van der Waals surface area (Å²) in [5, 5.41) is 3.67. The maximum absolute atomic E-state index is 11.4. The van der Waals surface area contributed by atoms with Gasteiger partial charge < -0.3 is 10.3 Å². The van der Waals surface area contributed by atoms with E-state index in [2.05, 4.69) is 26.2 Å². The van der Waals surface area contributed by atoms with Crippen LogP contribution in [0, 0.1) is 0 Å². The lowest BCUT2D eigenvalue weighted by atomic mass is 10.1. The zero-order valence-electron chi connectivity index (χ0n) is 7.60. The smallest absolute Gasteiger partial charge is 0.251 e. The van der Waals surface area contributed by atoms with Crippen molar-refractivity contribution in [2.45, 2.75) is 0 Å².